The number of carbonyl (C=O) groups excluding carboxylic acids is 3. The highest BCUT2D eigenvalue weighted by molar-refractivity contribution is 6.12. The Morgan fingerprint density at radius 2 is 1.78 bits per heavy atom. The second kappa shape index (κ2) is 11.6. The zero-order chi connectivity index (χ0) is 31.9. The summed E-state index contributed by atoms with van der Waals surface area (Å²) in [6.45, 7) is 0. The molecule has 1 N–H and O–H groups in total. The summed E-state index contributed by atoms with van der Waals surface area (Å²) >= 11 is 0. The van der Waals surface area contributed by atoms with E-state index in [1.54, 1.807) is 0 Å². The summed E-state index contributed by atoms with van der Waals surface area (Å²) in [5, 5.41) is 12.3. The van der Waals surface area contributed by atoms with Crippen molar-refractivity contribution in [2.24, 2.45) is 0 Å². The number of nitrogens with zero attached hydrogens (tertiary/aromatic N) is 5. The number of carbonyl (C=O) groups is 3. The summed E-state index contributed by atoms with van der Waals surface area (Å²) in [6.07, 6.45) is 2.75. The molecule has 1 aromatic carbocycles. The minimum atomic E-state index is -2.85. The summed E-state index contributed by atoms with van der Waals surface area (Å²) in [6, 6.07) is 7.82. The van der Waals surface area contributed by atoms with Crippen LogP contribution >= 0.6 is 0 Å². The molecule has 0 spiro atoms. The molecule has 0 unspecified atom stereocenters. The highest BCUT2D eigenvalue weighted by atomic mass is 19.3. The number of hydrogen-bond acceptors (Lipinski definition) is 6. The van der Waals surface area contributed by atoms with Crippen LogP contribution < -0.4 is 15.1 Å². The first-order valence-electron chi connectivity index (χ1n) is 14.6. The molecular formula is C32H28F4N6O3. The Labute approximate surface area is 255 Å². The summed E-state index contributed by atoms with van der Waals surface area (Å²) in [5.74, 6) is -6.26. The molecule has 2 aromatic heterocycles. The maximum atomic E-state index is 14.9. The molecule has 9 nitrogen and oxygen atoms in total. The zero-order valence-corrected chi connectivity index (χ0v) is 24.0. The third kappa shape index (κ3) is 5.49. The molecule has 3 amide bonds. The molecule has 2 aliphatic carbocycles. The lowest BCUT2D eigenvalue weighted by Gasteiger charge is -2.43. The van der Waals surface area contributed by atoms with E-state index in [4.69, 9.17) is 0 Å². The van der Waals surface area contributed by atoms with Gasteiger partial charge in [-0.25, -0.2) is 22.5 Å². The topological polar surface area (TPSA) is 119 Å². The van der Waals surface area contributed by atoms with Crippen molar-refractivity contribution in [1.82, 2.24) is 15.3 Å². The molecule has 3 aliphatic rings. The lowest BCUT2D eigenvalue weighted by molar-refractivity contribution is -0.132. The molecule has 2 fully saturated rings. The van der Waals surface area contributed by atoms with Crippen LogP contribution in [0.15, 0.2) is 55.0 Å². The Balaban J connectivity index is 1.49. The van der Waals surface area contributed by atoms with Crippen molar-refractivity contribution in [2.75, 3.05) is 9.80 Å². The van der Waals surface area contributed by atoms with Crippen molar-refractivity contribution in [3.63, 3.8) is 0 Å². The van der Waals surface area contributed by atoms with Crippen LogP contribution in [0.1, 0.15) is 61.6 Å². The molecule has 1 saturated heterocycles. The number of benzene rings is 1. The maximum Gasteiger partial charge on any atom is 0.251 e. The first-order valence-corrected chi connectivity index (χ1v) is 14.6. The van der Waals surface area contributed by atoms with Gasteiger partial charge in [0, 0.05) is 37.6 Å². The van der Waals surface area contributed by atoms with Gasteiger partial charge in [-0.05, 0) is 67.5 Å². The normalized spacial score (nSPS) is 22.5. The van der Waals surface area contributed by atoms with Crippen LogP contribution in [0.5, 0.6) is 0 Å². The smallest absolute Gasteiger partial charge is 0.251 e. The molecule has 1 aliphatic heterocycles. The number of fused-ring (bicyclic) bond motifs is 1. The number of aryl methyl sites for hydroxylation is 1. The average Bonchev–Trinajstić information content (AvgIpc) is 3.59. The fourth-order valence-corrected chi connectivity index (χ4v) is 6.69. The number of nitrogens with one attached hydrogen (secondary N) is 1. The second-order valence-corrected chi connectivity index (χ2v) is 11.6. The van der Waals surface area contributed by atoms with Gasteiger partial charge in [0.05, 0.1) is 29.7 Å². The highest BCUT2D eigenvalue weighted by Gasteiger charge is 2.56. The minimum Gasteiger partial charge on any atom is -0.351 e. The Hall–Kier alpha value is -4.86. The van der Waals surface area contributed by atoms with Crippen LogP contribution in [-0.4, -0.2) is 45.7 Å². The Bertz CT molecular complexity index is 1720. The summed E-state index contributed by atoms with van der Waals surface area (Å²) in [7, 11) is 0. The van der Waals surface area contributed by atoms with E-state index in [2.05, 4.69) is 15.3 Å². The van der Waals surface area contributed by atoms with E-state index in [0.717, 1.165) is 28.1 Å². The third-order valence-electron chi connectivity index (χ3n) is 8.87. The molecule has 3 heterocycles. The van der Waals surface area contributed by atoms with E-state index in [-0.39, 0.29) is 61.2 Å². The zero-order valence-electron chi connectivity index (χ0n) is 24.0. The van der Waals surface area contributed by atoms with Gasteiger partial charge >= 0.3 is 0 Å². The lowest BCUT2D eigenvalue weighted by Crippen LogP contribution is -2.62. The van der Waals surface area contributed by atoms with Gasteiger partial charge in [0.15, 0.2) is 5.54 Å². The van der Waals surface area contributed by atoms with Gasteiger partial charge in [0.1, 0.15) is 23.5 Å². The molecule has 232 valence electrons. The summed E-state index contributed by atoms with van der Waals surface area (Å²) < 4.78 is 57.5. The van der Waals surface area contributed by atoms with Gasteiger partial charge in [-0.1, -0.05) is 6.07 Å². The van der Waals surface area contributed by atoms with E-state index < -0.39 is 65.7 Å². The Morgan fingerprint density at radius 3 is 2.51 bits per heavy atom. The molecule has 0 bridgehead atoms. The predicted molar refractivity (Wildman–Crippen MR) is 153 cm³/mol. The van der Waals surface area contributed by atoms with Crippen molar-refractivity contribution in [1.29, 1.82) is 5.26 Å². The highest BCUT2D eigenvalue weighted by Crippen LogP contribution is 2.46. The molecule has 3 aromatic rings. The number of halogens is 4. The third-order valence-corrected chi connectivity index (χ3v) is 8.87. The number of nitriles is 1. The van der Waals surface area contributed by atoms with Gasteiger partial charge in [0.25, 0.3) is 11.8 Å². The van der Waals surface area contributed by atoms with Crippen LogP contribution in [0, 0.1) is 23.0 Å². The second-order valence-electron chi connectivity index (χ2n) is 11.6. The number of rotatable bonds is 6. The van der Waals surface area contributed by atoms with E-state index in [0.29, 0.717) is 5.56 Å². The molecule has 2 atom stereocenters. The van der Waals surface area contributed by atoms with Crippen LogP contribution in [0.25, 0.3) is 0 Å². The van der Waals surface area contributed by atoms with Crippen LogP contribution in [0.2, 0.25) is 0 Å². The SMILES string of the molecule is N#Cc1ccnc(N2C(=O)CC[C@H]2C(=O)N(c2cncc(F)c2)[C@]2(C(=O)NC3CCC(F)(F)CC3)CCc3ccc(F)cc32)c1. The standard InChI is InChI=1S/C32H28F4N6O3/c33-21-2-1-20-5-11-32(25(20)15-21,30(45)40-23-6-9-31(35,36)10-7-23)42(24-14-22(34)17-38-18-24)29(44)26-3-4-28(43)41(26)27-13-19(16-37)8-12-39-27/h1-2,8,12-15,17-18,23,26H,3-7,9-11H2,(H,40,45)/t26-,32+/m0/s1. The largest absolute Gasteiger partial charge is 0.351 e. The van der Waals surface area contributed by atoms with Gasteiger partial charge in [0.2, 0.25) is 11.8 Å². The molecular weight excluding hydrogens is 592 g/mol. The Kier molecular flexibility index (Phi) is 7.76. The van der Waals surface area contributed by atoms with E-state index >= 15 is 0 Å². The van der Waals surface area contributed by atoms with E-state index in [1.165, 1.54) is 36.7 Å². The van der Waals surface area contributed by atoms with Gasteiger partial charge in [-0.15, -0.1) is 0 Å². The molecule has 0 radical (unpaired) electrons. The molecule has 45 heavy (non-hydrogen) atoms. The molecule has 13 heteroatoms. The number of amides is 3. The first kappa shape index (κ1) is 30.2. The van der Waals surface area contributed by atoms with E-state index in [1.807, 2.05) is 6.07 Å². The van der Waals surface area contributed by atoms with E-state index in [9.17, 15) is 37.2 Å². The lowest BCUT2D eigenvalue weighted by atomic mass is 9.85. The monoisotopic (exact) mass is 620 g/mol. The average molecular weight is 621 g/mol. The van der Waals surface area contributed by atoms with Crippen molar-refractivity contribution in [3.05, 3.63) is 83.3 Å². The fourth-order valence-electron chi connectivity index (χ4n) is 6.69. The minimum absolute atomic E-state index is 0.00784. The van der Waals surface area contributed by atoms with Crippen molar-refractivity contribution < 1.29 is 31.9 Å². The summed E-state index contributed by atoms with van der Waals surface area (Å²) in [4.78, 5) is 52.9. The molecule has 1 saturated carbocycles. The van der Waals surface area contributed by atoms with Gasteiger partial charge < -0.3 is 5.32 Å². The number of alkyl halides is 2. The maximum absolute atomic E-state index is 14.9. The Morgan fingerprint density at radius 1 is 1.00 bits per heavy atom. The number of hydrogen-bond donors (Lipinski definition) is 1. The predicted octanol–water partition coefficient (Wildman–Crippen LogP) is 4.69. The number of pyridine rings is 2. The number of aromatic nitrogens is 2. The molecule has 6 rings (SSSR count). The first-order chi connectivity index (χ1) is 21.5. The van der Waals surface area contributed by atoms with Gasteiger partial charge in [-0.3, -0.25) is 29.2 Å². The van der Waals surface area contributed by atoms with Crippen molar-refractivity contribution >= 4 is 29.2 Å². The number of anilines is 2. The van der Waals surface area contributed by atoms with Crippen LogP contribution in [0.3, 0.4) is 0 Å². The van der Waals surface area contributed by atoms with Crippen LogP contribution in [-0.2, 0) is 26.3 Å². The van der Waals surface area contributed by atoms with Crippen molar-refractivity contribution in [3.8, 4) is 6.07 Å². The van der Waals surface area contributed by atoms with Crippen molar-refractivity contribution in [2.45, 2.75) is 74.9 Å². The fraction of sp³-hybridized carbons (Fsp3) is 0.375. The van der Waals surface area contributed by atoms with Crippen LogP contribution in [0.4, 0.5) is 29.1 Å². The quantitative estimate of drug-likeness (QED) is 0.400. The summed E-state index contributed by atoms with van der Waals surface area (Å²) in [5.41, 5.74) is -1.11. The van der Waals surface area contributed by atoms with Gasteiger partial charge in [-0.2, -0.15) is 5.26 Å².